The van der Waals surface area contributed by atoms with E-state index in [2.05, 4.69) is 6.92 Å². The molecule has 3 nitrogen and oxygen atoms in total. The fraction of sp³-hybridized carbons (Fsp3) is 0.900. The van der Waals surface area contributed by atoms with E-state index < -0.39 is 0 Å². The van der Waals surface area contributed by atoms with E-state index >= 15 is 0 Å². The van der Waals surface area contributed by atoms with E-state index in [1.807, 2.05) is 6.92 Å². The fourth-order valence-electron chi connectivity index (χ4n) is 1.59. The Morgan fingerprint density at radius 2 is 2.00 bits per heavy atom. The number of hydrogen-bond donors (Lipinski definition) is 0. The second kappa shape index (κ2) is 5.35. The highest BCUT2D eigenvalue weighted by atomic mass is 16.7. The van der Waals surface area contributed by atoms with E-state index in [0.717, 1.165) is 32.3 Å². The molecule has 2 unspecified atom stereocenters. The summed E-state index contributed by atoms with van der Waals surface area (Å²) in [6.45, 7) is 5.55. The number of hydrogen-bond acceptors (Lipinski definition) is 3. The average molecular weight is 186 g/mol. The lowest BCUT2D eigenvalue weighted by Gasteiger charge is -2.28. The maximum absolute atomic E-state index is 10.4. The summed E-state index contributed by atoms with van der Waals surface area (Å²) >= 11 is 0. The molecule has 0 spiro atoms. The van der Waals surface area contributed by atoms with E-state index in [1.54, 1.807) is 0 Å². The van der Waals surface area contributed by atoms with E-state index in [1.165, 1.54) is 0 Å². The van der Waals surface area contributed by atoms with Gasteiger partial charge >= 0.3 is 0 Å². The molecule has 1 heterocycles. The molecule has 0 radical (unpaired) electrons. The van der Waals surface area contributed by atoms with Gasteiger partial charge < -0.3 is 14.3 Å². The molecule has 1 saturated heterocycles. The van der Waals surface area contributed by atoms with Gasteiger partial charge in [-0.05, 0) is 12.8 Å². The van der Waals surface area contributed by atoms with Crippen molar-refractivity contribution in [3.63, 3.8) is 0 Å². The first kappa shape index (κ1) is 10.7. The van der Waals surface area contributed by atoms with Crippen LogP contribution < -0.4 is 0 Å². The van der Waals surface area contributed by atoms with Gasteiger partial charge in [-0.3, -0.25) is 0 Å². The van der Waals surface area contributed by atoms with Crippen LogP contribution in [0.3, 0.4) is 0 Å². The van der Waals surface area contributed by atoms with Crippen molar-refractivity contribution in [3.8, 4) is 0 Å². The van der Waals surface area contributed by atoms with Gasteiger partial charge in [-0.2, -0.15) is 0 Å². The monoisotopic (exact) mass is 186 g/mol. The highest BCUT2D eigenvalue weighted by Crippen LogP contribution is 2.20. The fourth-order valence-corrected chi connectivity index (χ4v) is 1.59. The number of carbonyl (C=O) groups excluding carboxylic acids is 1. The minimum Gasteiger partial charge on any atom is -0.352 e. The van der Waals surface area contributed by atoms with Crippen molar-refractivity contribution in [1.29, 1.82) is 0 Å². The van der Waals surface area contributed by atoms with Gasteiger partial charge in [-0.15, -0.1) is 0 Å². The molecular weight excluding hydrogens is 168 g/mol. The highest BCUT2D eigenvalue weighted by Gasteiger charge is 2.22. The van der Waals surface area contributed by atoms with Crippen LogP contribution in [0.1, 0.15) is 26.7 Å². The minimum absolute atomic E-state index is 0.101. The molecule has 3 heteroatoms. The summed E-state index contributed by atoms with van der Waals surface area (Å²) in [6, 6.07) is 0. The van der Waals surface area contributed by atoms with Gasteiger partial charge in [-0.1, -0.05) is 13.8 Å². The standard InChI is InChI=1S/C10H18O3/c1-8(7-11)6-9(2)10-12-4-3-5-13-10/h7-10H,3-6H2,1-2H3. The molecule has 0 bridgehead atoms. The quantitative estimate of drug-likeness (QED) is 0.626. The molecule has 0 aromatic carbocycles. The molecule has 1 aliphatic rings. The highest BCUT2D eigenvalue weighted by molar-refractivity contribution is 5.52. The predicted molar refractivity (Wildman–Crippen MR) is 49.3 cm³/mol. The zero-order valence-electron chi connectivity index (χ0n) is 8.36. The summed E-state index contributed by atoms with van der Waals surface area (Å²) in [4.78, 5) is 10.4. The van der Waals surface area contributed by atoms with Crippen molar-refractivity contribution < 1.29 is 14.3 Å². The van der Waals surface area contributed by atoms with Gasteiger partial charge in [0.1, 0.15) is 6.29 Å². The van der Waals surface area contributed by atoms with Crippen molar-refractivity contribution in [1.82, 2.24) is 0 Å². The topological polar surface area (TPSA) is 35.5 Å². The van der Waals surface area contributed by atoms with Crippen LogP contribution in [0.4, 0.5) is 0 Å². The largest absolute Gasteiger partial charge is 0.352 e. The normalized spacial score (nSPS) is 23.8. The van der Waals surface area contributed by atoms with E-state index in [0.29, 0.717) is 5.92 Å². The maximum atomic E-state index is 10.4. The lowest BCUT2D eigenvalue weighted by atomic mass is 9.98. The van der Waals surface area contributed by atoms with Crippen LogP contribution in [0.25, 0.3) is 0 Å². The summed E-state index contributed by atoms with van der Waals surface area (Å²) in [5.41, 5.74) is 0. The summed E-state index contributed by atoms with van der Waals surface area (Å²) < 4.78 is 10.9. The second-order valence-electron chi connectivity index (χ2n) is 3.79. The Morgan fingerprint density at radius 1 is 1.38 bits per heavy atom. The van der Waals surface area contributed by atoms with Crippen molar-refractivity contribution in [3.05, 3.63) is 0 Å². The van der Waals surface area contributed by atoms with E-state index in [4.69, 9.17) is 9.47 Å². The lowest BCUT2D eigenvalue weighted by molar-refractivity contribution is -0.204. The smallest absolute Gasteiger partial charge is 0.160 e. The van der Waals surface area contributed by atoms with Crippen LogP contribution in [0.5, 0.6) is 0 Å². The Labute approximate surface area is 79.4 Å². The Hall–Kier alpha value is -0.410. The predicted octanol–water partition coefficient (Wildman–Crippen LogP) is 1.61. The van der Waals surface area contributed by atoms with E-state index in [-0.39, 0.29) is 12.2 Å². The third kappa shape index (κ3) is 3.44. The zero-order valence-corrected chi connectivity index (χ0v) is 8.36. The van der Waals surface area contributed by atoms with Crippen molar-refractivity contribution in [2.75, 3.05) is 13.2 Å². The third-order valence-corrected chi connectivity index (χ3v) is 2.29. The summed E-state index contributed by atoms with van der Waals surface area (Å²) in [5.74, 6) is 0.407. The first-order valence-corrected chi connectivity index (χ1v) is 4.92. The Balaban J connectivity index is 2.28. The molecule has 1 rings (SSSR count). The third-order valence-electron chi connectivity index (χ3n) is 2.29. The number of ether oxygens (including phenoxy) is 2. The van der Waals surface area contributed by atoms with E-state index in [9.17, 15) is 4.79 Å². The molecule has 1 aliphatic heterocycles. The molecule has 1 fully saturated rings. The SMILES string of the molecule is CC(C=O)CC(C)C1OCCCO1. The molecule has 13 heavy (non-hydrogen) atoms. The van der Waals surface area contributed by atoms with Gasteiger partial charge in [0.25, 0.3) is 0 Å². The molecular formula is C10H18O3. The van der Waals surface area contributed by atoms with Crippen molar-refractivity contribution >= 4 is 6.29 Å². The summed E-state index contributed by atoms with van der Waals surface area (Å²) in [7, 11) is 0. The Morgan fingerprint density at radius 3 is 2.54 bits per heavy atom. The lowest BCUT2D eigenvalue weighted by Crippen LogP contribution is -2.31. The number of aldehydes is 1. The Kier molecular flexibility index (Phi) is 4.39. The molecule has 2 atom stereocenters. The van der Waals surface area contributed by atoms with Crippen LogP contribution in [0, 0.1) is 11.8 Å². The number of rotatable bonds is 4. The van der Waals surface area contributed by atoms with Crippen molar-refractivity contribution in [2.24, 2.45) is 11.8 Å². The van der Waals surface area contributed by atoms with Gasteiger partial charge in [0.2, 0.25) is 0 Å². The van der Waals surface area contributed by atoms with Gasteiger partial charge in [0.15, 0.2) is 6.29 Å². The molecule has 0 N–H and O–H groups in total. The molecule has 0 saturated carbocycles. The molecule has 0 aromatic heterocycles. The molecule has 0 amide bonds. The van der Waals surface area contributed by atoms with Crippen LogP contribution in [-0.2, 0) is 14.3 Å². The van der Waals surface area contributed by atoms with Crippen molar-refractivity contribution in [2.45, 2.75) is 33.0 Å². The van der Waals surface area contributed by atoms with Crippen LogP contribution >= 0.6 is 0 Å². The zero-order chi connectivity index (χ0) is 9.68. The first-order valence-electron chi connectivity index (χ1n) is 4.92. The Bertz CT molecular complexity index is 152. The maximum Gasteiger partial charge on any atom is 0.160 e. The molecule has 0 aromatic rings. The number of carbonyl (C=O) groups is 1. The second-order valence-corrected chi connectivity index (χ2v) is 3.79. The van der Waals surface area contributed by atoms with Gasteiger partial charge in [0, 0.05) is 11.8 Å². The average Bonchev–Trinajstić information content (AvgIpc) is 2.19. The van der Waals surface area contributed by atoms with Gasteiger partial charge in [0.05, 0.1) is 13.2 Å². The van der Waals surface area contributed by atoms with Crippen LogP contribution in [-0.4, -0.2) is 25.8 Å². The summed E-state index contributed by atoms with van der Waals surface area (Å²) in [5, 5.41) is 0. The van der Waals surface area contributed by atoms with Crippen LogP contribution in [0.2, 0.25) is 0 Å². The summed E-state index contributed by atoms with van der Waals surface area (Å²) in [6.07, 6.45) is 2.70. The molecule has 76 valence electrons. The first-order chi connectivity index (χ1) is 6.24. The molecule has 0 aliphatic carbocycles. The van der Waals surface area contributed by atoms with Crippen LogP contribution in [0.15, 0.2) is 0 Å². The minimum atomic E-state index is -0.101. The van der Waals surface area contributed by atoms with Gasteiger partial charge in [-0.25, -0.2) is 0 Å².